The van der Waals surface area contributed by atoms with Gasteiger partial charge in [-0.05, 0) is 32.2 Å². The lowest BCUT2D eigenvalue weighted by Gasteiger charge is -2.26. The topological polar surface area (TPSA) is 39.7 Å². The molecule has 0 atom stereocenters. The molecule has 0 aliphatic heterocycles. The fourth-order valence-corrected chi connectivity index (χ4v) is 2.99. The number of hydrogen-bond acceptors (Lipinski definition) is 2. The third-order valence-electron chi connectivity index (χ3n) is 4.33. The Morgan fingerprint density at radius 2 is 1.85 bits per heavy atom. The summed E-state index contributed by atoms with van der Waals surface area (Å²) < 4.78 is 0. The number of guanidine groups is 1. The molecular weight excluding hydrogens is 363 g/mol. The molecular formula is C15H31IN4. The van der Waals surface area contributed by atoms with Gasteiger partial charge >= 0.3 is 0 Å². The summed E-state index contributed by atoms with van der Waals surface area (Å²) in [5.74, 6) is 0.985. The van der Waals surface area contributed by atoms with Crippen molar-refractivity contribution >= 4 is 29.9 Å². The first kappa shape index (κ1) is 18.0. The second-order valence-corrected chi connectivity index (χ2v) is 5.84. The van der Waals surface area contributed by atoms with E-state index in [1.165, 1.54) is 51.5 Å². The van der Waals surface area contributed by atoms with E-state index in [9.17, 15) is 0 Å². The molecule has 0 saturated heterocycles. The smallest absolute Gasteiger partial charge is 0.191 e. The maximum absolute atomic E-state index is 4.34. The maximum Gasteiger partial charge on any atom is 0.191 e. The Hall–Kier alpha value is -0.0400. The van der Waals surface area contributed by atoms with Gasteiger partial charge in [0.25, 0.3) is 0 Å². The van der Waals surface area contributed by atoms with Gasteiger partial charge in [0.2, 0.25) is 0 Å². The number of rotatable bonds is 6. The van der Waals surface area contributed by atoms with E-state index in [0.29, 0.717) is 6.04 Å². The highest BCUT2D eigenvalue weighted by atomic mass is 127. The van der Waals surface area contributed by atoms with Gasteiger partial charge in [0.15, 0.2) is 5.96 Å². The quantitative estimate of drug-likeness (QED) is 0.413. The van der Waals surface area contributed by atoms with E-state index in [1.807, 2.05) is 7.05 Å². The molecule has 20 heavy (non-hydrogen) atoms. The van der Waals surface area contributed by atoms with Crippen LogP contribution in [0.1, 0.15) is 51.9 Å². The standard InChI is InChI=1S/C15H30N4.HI/c1-3-19(14-9-10-14)12-11-17-15(16-2)18-13-7-5-4-6-8-13;/h13-14H,3-12H2,1-2H3,(H2,16,17,18);1H. The summed E-state index contributed by atoms with van der Waals surface area (Å²) in [7, 11) is 1.87. The van der Waals surface area contributed by atoms with E-state index in [4.69, 9.17) is 0 Å². The van der Waals surface area contributed by atoms with E-state index < -0.39 is 0 Å². The van der Waals surface area contributed by atoms with Crippen molar-refractivity contribution < 1.29 is 0 Å². The van der Waals surface area contributed by atoms with Gasteiger partial charge in [-0.15, -0.1) is 24.0 Å². The minimum atomic E-state index is 0. The molecule has 5 heteroatoms. The Bertz CT molecular complexity index is 286. The second kappa shape index (κ2) is 9.82. The molecule has 0 aromatic rings. The lowest BCUT2D eigenvalue weighted by Crippen LogP contribution is -2.46. The molecule has 2 aliphatic carbocycles. The zero-order chi connectivity index (χ0) is 13.5. The molecule has 0 amide bonds. The van der Waals surface area contributed by atoms with Crippen molar-refractivity contribution in [1.29, 1.82) is 0 Å². The monoisotopic (exact) mass is 394 g/mol. The van der Waals surface area contributed by atoms with Gasteiger partial charge in [-0.1, -0.05) is 26.2 Å². The lowest BCUT2D eigenvalue weighted by molar-refractivity contribution is 0.281. The average Bonchev–Trinajstić information content (AvgIpc) is 3.28. The van der Waals surface area contributed by atoms with E-state index in [0.717, 1.165) is 25.1 Å². The number of likely N-dealkylation sites (N-methyl/N-ethyl adjacent to an activating group) is 1. The Balaban J connectivity index is 0.00000200. The van der Waals surface area contributed by atoms with Crippen LogP contribution in [0.4, 0.5) is 0 Å². The number of aliphatic imine (C=N–C) groups is 1. The predicted molar refractivity (Wildman–Crippen MR) is 97.1 cm³/mol. The number of nitrogens with zero attached hydrogens (tertiary/aromatic N) is 2. The first-order valence-electron chi connectivity index (χ1n) is 8.04. The highest BCUT2D eigenvalue weighted by Crippen LogP contribution is 2.25. The van der Waals surface area contributed by atoms with E-state index in [-0.39, 0.29) is 24.0 Å². The van der Waals surface area contributed by atoms with Crippen LogP contribution in [0.5, 0.6) is 0 Å². The summed E-state index contributed by atoms with van der Waals surface area (Å²) in [4.78, 5) is 6.91. The third-order valence-corrected chi connectivity index (χ3v) is 4.33. The van der Waals surface area contributed by atoms with Crippen molar-refractivity contribution in [1.82, 2.24) is 15.5 Å². The van der Waals surface area contributed by atoms with Crippen molar-refractivity contribution in [3.8, 4) is 0 Å². The highest BCUT2D eigenvalue weighted by Gasteiger charge is 2.27. The summed E-state index contributed by atoms with van der Waals surface area (Å²) in [6.07, 6.45) is 9.50. The predicted octanol–water partition coefficient (Wildman–Crippen LogP) is 2.59. The van der Waals surface area contributed by atoms with Crippen molar-refractivity contribution in [2.45, 2.75) is 64.0 Å². The zero-order valence-electron chi connectivity index (χ0n) is 13.0. The summed E-state index contributed by atoms with van der Waals surface area (Å²) in [5.41, 5.74) is 0. The van der Waals surface area contributed by atoms with Gasteiger partial charge in [0.05, 0.1) is 0 Å². The molecule has 0 unspecified atom stereocenters. The largest absolute Gasteiger partial charge is 0.355 e. The van der Waals surface area contributed by atoms with Crippen LogP contribution >= 0.6 is 24.0 Å². The number of hydrogen-bond donors (Lipinski definition) is 2. The molecule has 2 N–H and O–H groups in total. The van der Waals surface area contributed by atoms with Crippen LogP contribution < -0.4 is 10.6 Å². The fourth-order valence-electron chi connectivity index (χ4n) is 2.99. The van der Waals surface area contributed by atoms with Crippen molar-refractivity contribution in [2.24, 2.45) is 4.99 Å². The molecule has 0 aromatic carbocycles. The third kappa shape index (κ3) is 6.16. The maximum atomic E-state index is 4.34. The van der Waals surface area contributed by atoms with Crippen LogP contribution in [0, 0.1) is 0 Å². The van der Waals surface area contributed by atoms with Crippen molar-refractivity contribution in [3.05, 3.63) is 0 Å². The normalized spacial score (nSPS) is 20.6. The molecule has 0 bridgehead atoms. The molecule has 2 rings (SSSR count). The molecule has 2 aliphatic rings. The number of nitrogens with one attached hydrogen (secondary N) is 2. The minimum absolute atomic E-state index is 0. The minimum Gasteiger partial charge on any atom is -0.355 e. The van der Waals surface area contributed by atoms with E-state index in [2.05, 4.69) is 27.4 Å². The molecule has 2 fully saturated rings. The average molecular weight is 394 g/mol. The fraction of sp³-hybridized carbons (Fsp3) is 0.933. The summed E-state index contributed by atoms with van der Waals surface area (Å²) >= 11 is 0. The van der Waals surface area contributed by atoms with Crippen LogP contribution in [-0.2, 0) is 0 Å². The van der Waals surface area contributed by atoms with E-state index >= 15 is 0 Å². The van der Waals surface area contributed by atoms with Crippen LogP contribution in [0.25, 0.3) is 0 Å². The first-order chi connectivity index (χ1) is 9.33. The van der Waals surface area contributed by atoms with Gasteiger partial charge in [-0.3, -0.25) is 9.89 Å². The lowest BCUT2D eigenvalue weighted by atomic mass is 9.96. The van der Waals surface area contributed by atoms with Crippen LogP contribution in [-0.4, -0.2) is 49.6 Å². The number of halogens is 1. The summed E-state index contributed by atoms with van der Waals surface area (Å²) in [6, 6.07) is 1.49. The van der Waals surface area contributed by atoms with E-state index in [1.54, 1.807) is 0 Å². The van der Waals surface area contributed by atoms with Crippen molar-refractivity contribution in [3.63, 3.8) is 0 Å². The van der Waals surface area contributed by atoms with Crippen LogP contribution in [0.2, 0.25) is 0 Å². The summed E-state index contributed by atoms with van der Waals surface area (Å²) in [5, 5.41) is 7.02. The molecule has 4 nitrogen and oxygen atoms in total. The van der Waals surface area contributed by atoms with Gasteiger partial charge in [-0.2, -0.15) is 0 Å². The molecule has 0 spiro atoms. The van der Waals surface area contributed by atoms with Gasteiger partial charge in [0, 0.05) is 32.2 Å². The highest BCUT2D eigenvalue weighted by molar-refractivity contribution is 14.0. The SMILES string of the molecule is CCN(CCNC(=NC)NC1CCCCC1)C1CC1.I. The van der Waals surface area contributed by atoms with Gasteiger partial charge in [0.1, 0.15) is 0 Å². The molecule has 2 saturated carbocycles. The molecule has 0 aromatic heterocycles. The Morgan fingerprint density at radius 3 is 2.40 bits per heavy atom. The Morgan fingerprint density at radius 1 is 1.15 bits per heavy atom. The molecule has 0 heterocycles. The first-order valence-corrected chi connectivity index (χ1v) is 8.04. The van der Waals surface area contributed by atoms with Crippen molar-refractivity contribution in [2.75, 3.05) is 26.7 Å². The van der Waals surface area contributed by atoms with Crippen LogP contribution in [0.15, 0.2) is 4.99 Å². The molecule has 0 radical (unpaired) electrons. The zero-order valence-corrected chi connectivity index (χ0v) is 15.4. The van der Waals surface area contributed by atoms with Crippen LogP contribution in [0.3, 0.4) is 0 Å². The van der Waals surface area contributed by atoms with Gasteiger partial charge in [-0.25, -0.2) is 0 Å². The Kier molecular flexibility index (Phi) is 8.84. The summed E-state index contributed by atoms with van der Waals surface area (Å²) in [6.45, 7) is 5.55. The van der Waals surface area contributed by atoms with Gasteiger partial charge < -0.3 is 10.6 Å². The second-order valence-electron chi connectivity index (χ2n) is 5.84. The molecule has 118 valence electrons. The Labute approximate surface area is 141 Å².